The van der Waals surface area contributed by atoms with Crippen LogP contribution in [-0.2, 0) is 21.4 Å². The van der Waals surface area contributed by atoms with Crippen molar-refractivity contribution in [1.29, 1.82) is 0 Å². The monoisotopic (exact) mass is 437 g/mol. The van der Waals surface area contributed by atoms with E-state index in [1.54, 1.807) is 0 Å². The third-order valence-electron chi connectivity index (χ3n) is 5.74. The summed E-state index contributed by atoms with van der Waals surface area (Å²) in [5.41, 5.74) is 2.26. The first-order chi connectivity index (χ1) is 13.7. The second kappa shape index (κ2) is 8.46. The molecule has 0 bridgehead atoms. The molecule has 4 rings (SSSR count). The molecule has 3 aromatic rings. The number of amides is 1. The van der Waals surface area contributed by atoms with Crippen LogP contribution >= 0.6 is 15.9 Å². The number of rotatable bonds is 5. The summed E-state index contributed by atoms with van der Waals surface area (Å²) in [6, 6.07) is 22.8. The minimum Gasteiger partial charge on any atom is -0.381 e. The molecule has 144 valence electrons. The van der Waals surface area contributed by atoms with Gasteiger partial charge in [0.1, 0.15) is 0 Å². The fraction of sp³-hybridized carbons (Fsp3) is 0.292. The standard InChI is InChI=1S/C24H24BrNO2/c25-21-9-4-8-20(16-21)24(11-13-28-14-12-24)17-26-23(27)15-19-7-3-6-18-5-1-2-10-22(18)19/h1-10,16H,11-15,17H2,(H,26,27). The molecule has 1 heterocycles. The molecule has 1 amide bonds. The molecule has 1 N–H and O–H groups in total. The van der Waals surface area contributed by atoms with Gasteiger partial charge in [0, 0.05) is 29.6 Å². The quantitative estimate of drug-likeness (QED) is 0.608. The van der Waals surface area contributed by atoms with Gasteiger partial charge in [-0.2, -0.15) is 0 Å². The Morgan fingerprint density at radius 1 is 1.00 bits per heavy atom. The van der Waals surface area contributed by atoms with Crippen molar-refractivity contribution in [3.05, 3.63) is 82.3 Å². The van der Waals surface area contributed by atoms with Gasteiger partial charge in [-0.1, -0.05) is 70.5 Å². The van der Waals surface area contributed by atoms with Crippen LogP contribution in [0.3, 0.4) is 0 Å². The fourth-order valence-electron chi connectivity index (χ4n) is 4.10. The van der Waals surface area contributed by atoms with E-state index in [2.05, 4.69) is 57.6 Å². The molecule has 1 aliphatic rings. The van der Waals surface area contributed by atoms with Gasteiger partial charge in [-0.15, -0.1) is 0 Å². The summed E-state index contributed by atoms with van der Waals surface area (Å²) >= 11 is 3.58. The minimum atomic E-state index is -0.0730. The zero-order valence-corrected chi connectivity index (χ0v) is 17.4. The predicted molar refractivity (Wildman–Crippen MR) is 117 cm³/mol. The van der Waals surface area contributed by atoms with Crippen LogP contribution in [0.1, 0.15) is 24.0 Å². The molecular weight excluding hydrogens is 414 g/mol. The Morgan fingerprint density at radius 2 is 1.75 bits per heavy atom. The Morgan fingerprint density at radius 3 is 2.57 bits per heavy atom. The average molecular weight is 438 g/mol. The number of benzene rings is 3. The lowest BCUT2D eigenvalue weighted by molar-refractivity contribution is -0.120. The van der Waals surface area contributed by atoms with Gasteiger partial charge in [-0.3, -0.25) is 4.79 Å². The molecule has 1 aliphatic heterocycles. The minimum absolute atomic E-state index is 0.0669. The van der Waals surface area contributed by atoms with Gasteiger partial charge in [-0.25, -0.2) is 0 Å². The topological polar surface area (TPSA) is 38.3 Å². The van der Waals surface area contributed by atoms with E-state index in [1.807, 2.05) is 30.3 Å². The molecule has 0 spiro atoms. The van der Waals surface area contributed by atoms with Gasteiger partial charge < -0.3 is 10.1 Å². The number of ether oxygens (including phenoxy) is 1. The molecule has 28 heavy (non-hydrogen) atoms. The summed E-state index contributed by atoms with van der Waals surface area (Å²) in [5.74, 6) is 0.0669. The van der Waals surface area contributed by atoms with Crippen molar-refractivity contribution in [2.75, 3.05) is 19.8 Å². The van der Waals surface area contributed by atoms with Crippen molar-refractivity contribution in [1.82, 2.24) is 5.32 Å². The van der Waals surface area contributed by atoms with Crippen LogP contribution in [0, 0.1) is 0 Å². The summed E-state index contributed by atoms with van der Waals surface area (Å²) < 4.78 is 6.67. The smallest absolute Gasteiger partial charge is 0.224 e. The molecule has 0 saturated carbocycles. The number of carbonyl (C=O) groups is 1. The molecule has 0 atom stereocenters. The van der Waals surface area contributed by atoms with Crippen LogP contribution in [0.4, 0.5) is 0 Å². The number of hydrogen-bond donors (Lipinski definition) is 1. The maximum absolute atomic E-state index is 12.8. The Labute approximate surface area is 174 Å². The summed E-state index contributed by atoms with van der Waals surface area (Å²) in [5, 5.41) is 5.53. The Bertz CT molecular complexity index is 974. The third-order valence-corrected chi connectivity index (χ3v) is 6.24. The zero-order valence-electron chi connectivity index (χ0n) is 15.8. The first-order valence-electron chi connectivity index (χ1n) is 9.73. The van der Waals surface area contributed by atoms with Gasteiger partial charge in [0.25, 0.3) is 0 Å². The first kappa shape index (κ1) is 19.2. The van der Waals surface area contributed by atoms with E-state index in [9.17, 15) is 4.79 Å². The Balaban J connectivity index is 1.50. The maximum atomic E-state index is 12.8. The second-order valence-electron chi connectivity index (χ2n) is 7.49. The first-order valence-corrected chi connectivity index (χ1v) is 10.5. The molecule has 0 unspecified atom stereocenters. The van der Waals surface area contributed by atoms with Crippen LogP contribution in [0.25, 0.3) is 10.8 Å². The molecule has 0 aromatic heterocycles. The van der Waals surface area contributed by atoms with E-state index in [0.717, 1.165) is 41.5 Å². The molecule has 1 fully saturated rings. The molecule has 0 aliphatic carbocycles. The van der Waals surface area contributed by atoms with Crippen LogP contribution in [0.2, 0.25) is 0 Å². The van der Waals surface area contributed by atoms with Crippen molar-refractivity contribution in [3.63, 3.8) is 0 Å². The third kappa shape index (κ3) is 4.13. The van der Waals surface area contributed by atoms with Crippen molar-refractivity contribution < 1.29 is 9.53 Å². The summed E-state index contributed by atoms with van der Waals surface area (Å²) in [7, 11) is 0. The van der Waals surface area contributed by atoms with Crippen molar-refractivity contribution in [2.45, 2.75) is 24.7 Å². The highest BCUT2D eigenvalue weighted by molar-refractivity contribution is 9.10. The van der Waals surface area contributed by atoms with E-state index < -0.39 is 0 Å². The number of nitrogens with one attached hydrogen (secondary N) is 1. The van der Waals surface area contributed by atoms with Crippen molar-refractivity contribution >= 4 is 32.6 Å². The number of hydrogen-bond acceptors (Lipinski definition) is 2. The number of carbonyl (C=O) groups excluding carboxylic acids is 1. The van der Waals surface area contributed by atoms with E-state index in [-0.39, 0.29) is 11.3 Å². The van der Waals surface area contributed by atoms with Crippen LogP contribution in [0.5, 0.6) is 0 Å². The van der Waals surface area contributed by atoms with Gasteiger partial charge in [0.15, 0.2) is 0 Å². The Hall–Kier alpha value is -2.17. The number of fused-ring (bicyclic) bond motifs is 1. The second-order valence-corrected chi connectivity index (χ2v) is 8.41. The van der Waals surface area contributed by atoms with Gasteiger partial charge in [0.05, 0.1) is 6.42 Å². The summed E-state index contributed by atoms with van der Waals surface area (Å²) in [6.45, 7) is 2.09. The fourth-order valence-corrected chi connectivity index (χ4v) is 4.50. The molecule has 1 saturated heterocycles. The highest BCUT2D eigenvalue weighted by Gasteiger charge is 2.35. The normalized spacial score (nSPS) is 16.0. The van der Waals surface area contributed by atoms with Crippen molar-refractivity contribution in [2.24, 2.45) is 0 Å². The predicted octanol–water partition coefficient (Wildman–Crippen LogP) is 5.01. The molecular formula is C24H24BrNO2. The summed E-state index contributed by atoms with van der Waals surface area (Å²) in [6.07, 6.45) is 2.22. The van der Waals surface area contributed by atoms with E-state index in [4.69, 9.17) is 4.74 Å². The van der Waals surface area contributed by atoms with Gasteiger partial charge in [0.2, 0.25) is 5.91 Å². The summed E-state index contributed by atoms with van der Waals surface area (Å²) in [4.78, 5) is 12.8. The van der Waals surface area contributed by atoms with E-state index >= 15 is 0 Å². The number of halogens is 1. The highest BCUT2D eigenvalue weighted by atomic mass is 79.9. The van der Waals surface area contributed by atoms with E-state index in [1.165, 1.54) is 10.9 Å². The lowest BCUT2D eigenvalue weighted by Crippen LogP contribution is -2.45. The van der Waals surface area contributed by atoms with Crippen LogP contribution in [-0.4, -0.2) is 25.7 Å². The lowest BCUT2D eigenvalue weighted by Gasteiger charge is -2.38. The molecule has 3 nitrogen and oxygen atoms in total. The van der Waals surface area contributed by atoms with Gasteiger partial charge in [-0.05, 0) is 46.9 Å². The molecule has 3 aromatic carbocycles. The zero-order chi connectivity index (χ0) is 19.4. The molecule has 0 radical (unpaired) electrons. The Kier molecular flexibility index (Phi) is 5.79. The lowest BCUT2D eigenvalue weighted by atomic mass is 9.74. The maximum Gasteiger partial charge on any atom is 0.224 e. The largest absolute Gasteiger partial charge is 0.381 e. The van der Waals surface area contributed by atoms with Crippen LogP contribution < -0.4 is 5.32 Å². The van der Waals surface area contributed by atoms with Crippen LogP contribution in [0.15, 0.2) is 71.2 Å². The van der Waals surface area contributed by atoms with E-state index in [0.29, 0.717) is 13.0 Å². The molecule has 4 heteroatoms. The highest BCUT2D eigenvalue weighted by Crippen LogP contribution is 2.35. The van der Waals surface area contributed by atoms with Gasteiger partial charge >= 0.3 is 0 Å². The SMILES string of the molecule is O=C(Cc1cccc2ccccc12)NCC1(c2cccc(Br)c2)CCOCC1. The van der Waals surface area contributed by atoms with Crippen molar-refractivity contribution in [3.8, 4) is 0 Å². The average Bonchev–Trinajstić information content (AvgIpc) is 2.73.